The number of aryl methyl sites for hydroxylation is 1. The molecule has 67 heavy (non-hydrogen) atoms. The molecular weight excluding hydrogens is 821 g/mol. The highest BCUT2D eigenvalue weighted by molar-refractivity contribution is 6.09. The summed E-state index contributed by atoms with van der Waals surface area (Å²) in [6.07, 6.45) is 20.8. The van der Waals surface area contributed by atoms with Crippen molar-refractivity contribution in [3.8, 4) is 11.4 Å². The molecular formula is C61H44N4O2. The normalized spacial score (nSPS) is 19.8. The molecule has 5 heterocycles. The zero-order valence-corrected chi connectivity index (χ0v) is 36.8. The van der Waals surface area contributed by atoms with Gasteiger partial charge in [0.15, 0.2) is 0 Å². The molecule has 0 amide bonds. The van der Waals surface area contributed by atoms with E-state index in [1.165, 1.54) is 78.0 Å². The largest absolute Gasteiger partial charge is 0.425 e. The molecule has 0 radical (unpaired) electrons. The number of hydrogen-bond acceptors (Lipinski definition) is 3. The van der Waals surface area contributed by atoms with Crippen molar-refractivity contribution in [2.75, 3.05) is 4.90 Å². The third-order valence-electron chi connectivity index (χ3n) is 15.5. The van der Waals surface area contributed by atoms with Crippen molar-refractivity contribution in [2.45, 2.75) is 44.2 Å². The molecule has 9 aromatic rings. The van der Waals surface area contributed by atoms with Crippen LogP contribution in [0.15, 0.2) is 170 Å². The number of rotatable bonds is 4. The number of carbonyl (C=O) groups is 1. The third-order valence-corrected chi connectivity index (χ3v) is 15.5. The Hall–Kier alpha value is -8.09. The number of benzene rings is 6. The first-order valence-electron chi connectivity index (χ1n) is 23.8. The van der Waals surface area contributed by atoms with Crippen molar-refractivity contribution < 1.29 is 9.53 Å². The first-order valence-corrected chi connectivity index (χ1v) is 23.8. The molecule has 3 aromatic heterocycles. The fraction of sp³-hybridized carbons (Fsp3) is 0.131. The average molecular weight is 865 g/mol. The molecule has 320 valence electrons. The van der Waals surface area contributed by atoms with Crippen molar-refractivity contribution >= 4 is 85.1 Å². The molecule has 6 heteroatoms. The maximum Gasteiger partial charge on any atom is 0.319 e. The van der Waals surface area contributed by atoms with Gasteiger partial charge < -0.3 is 23.3 Å². The highest BCUT2D eigenvalue weighted by Crippen LogP contribution is 2.52. The first-order chi connectivity index (χ1) is 33.2. The topological polar surface area (TPSA) is 44.3 Å². The van der Waals surface area contributed by atoms with Crippen molar-refractivity contribution in [1.29, 1.82) is 0 Å². The number of hydrogen-bond donors (Lipinski definition) is 0. The lowest BCUT2D eigenvalue weighted by atomic mass is 9.80. The molecule has 0 N–H and O–H groups in total. The summed E-state index contributed by atoms with van der Waals surface area (Å²) in [6.45, 7) is 0. The average Bonchev–Trinajstić information content (AvgIpc) is 4.10. The molecule has 6 nitrogen and oxygen atoms in total. The van der Waals surface area contributed by atoms with Crippen LogP contribution in [0.3, 0.4) is 0 Å². The molecule has 3 atom stereocenters. The van der Waals surface area contributed by atoms with Gasteiger partial charge in [0.1, 0.15) is 5.75 Å². The lowest BCUT2D eigenvalue weighted by Gasteiger charge is -2.32. The molecule has 6 aliphatic rings. The van der Waals surface area contributed by atoms with E-state index < -0.39 is 5.92 Å². The Kier molecular flexibility index (Phi) is 7.74. The van der Waals surface area contributed by atoms with Gasteiger partial charge in [0.2, 0.25) is 0 Å². The van der Waals surface area contributed by atoms with E-state index in [-0.39, 0.29) is 18.1 Å². The zero-order valence-electron chi connectivity index (χ0n) is 36.8. The summed E-state index contributed by atoms with van der Waals surface area (Å²) in [5.41, 5.74) is 20.6. The molecule has 6 aromatic carbocycles. The van der Waals surface area contributed by atoms with Gasteiger partial charge >= 0.3 is 5.97 Å². The SMILES string of the molecule is O=C1Oc2cc3c(cc2C2=Cc4c(n(C5=CCC6C(=C5)c5ccccc5N6c5ccccc5)c5ccccc45)CC12)c1c(n3C2C=Cc3c(c4ccccc4n3-c3ccccc3)C2)C=CCC1. The van der Waals surface area contributed by atoms with E-state index in [0.29, 0.717) is 12.2 Å². The van der Waals surface area contributed by atoms with Crippen LogP contribution < -0.4 is 9.64 Å². The number of esters is 1. The molecule has 0 bridgehead atoms. The fourth-order valence-corrected chi connectivity index (χ4v) is 12.7. The Morgan fingerprint density at radius 1 is 0.597 bits per heavy atom. The van der Waals surface area contributed by atoms with Crippen LogP contribution in [-0.2, 0) is 24.1 Å². The van der Waals surface area contributed by atoms with E-state index in [0.717, 1.165) is 59.2 Å². The van der Waals surface area contributed by atoms with Crippen molar-refractivity contribution in [2.24, 2.45) is 5.92 Å². The Bertz CT molecular complexity index is 3790. The summed E-state index contributed by atoms with van der Waals surface area (Å²) in [6, 6.07) is 52.6. The summed E-state index contributed by atoms with van der Waals surface area (Å²) >= 11 is 0. The van der Waals surface area contributed by atoms with Crippen LogP contribution in [0.2, 0.25) is 0 Å². The van der Waals surface area contributed by atoms with Gasteiger partial charge in [-0.3, -0.25) is 4.79 Å². The summed E-state index contributed by atoms with van der Waals surface area (Å²) in [5.74, 6) is 0.0610. The van der Waals surface area contributed by atoms with Crippen LogP contribution in [0.1, 0.15) is 63.8 Å². The Morgan fingerprint density at radius 2 is 1.34 bits per heavy atom. The Morgan fingerprint density at radius 3 is 2.19 bits per heavy atom. The summed E-state index contributed by atoms with van der Waals surface area (Å²) in [4.78, 5) is 17.0. The number of para-hydroxylation sites is 5. The monoisotopic (exact) mass is 864 g/mol. The summed E-state index contributed by atoms with van der Waals surface area (Å²) in [7, 11) is 0. The number of anilines is 2. The van der Waals surface area contributed by atoms with E-state index in [1.54, 1.807) is 0 Å². The second-order valence-corrected chi connectivity index (χ2v) is 18.9. The standard InChI is InChI=1S/C61H44N4O2/c66-61-51-35-58-48(43-21-9-13-25-54(43)64(58)39-27-29-56-46(31-39)41-19-7-11-23-52(41)62(56)37-15-3-1-4-16-37)33-45(51)50-34-49-44-22-10-14-26-55(44)65(59(49)36-60(50)67-61)40-28-30-57-47(32-40)42-20-8-12-24-53(42)63(57)38-17-5-2-6-18-38/h1-9,11-21,23-28,30-31,33-34,36,40,51,56H,10,22,29,32,35H2. The highest BCUT2D eigenvalue weighted by atomic mass is 16.5. The van der Waals surface area contributed by atoms with Crippen molar-refractivity contribution in [1.82, 2.24) is 13.7 Å². The van der Waals surface area contributed by atoms with Gasteiger partial charge in [-0.2, -0.15) is 0 Å². The van der Waals surface area contributed by atoms with Gasteiger partial charge in [0, 0.05) is 85.2 Å². The van der Waals surface area contributed by atoms with Gasteiger partial charge in [0.05, 0.1) is 34.6 Å². The number of ether oxygens (including phenoxy) is 1. The van der Waals surface area contributed by atoms with E-state index in [4.69, 9.17) is 4.74 Å². The molecule has 4 aliphatic carbocycles. The molecule has 15 rings (SSSR count). The molecule has 0 spiro atoms. The van der Waals surface area contributed by atoms with Crippen LogP contribution in [0.25, 0.3) is 73.5 Å². The smallest absolute Gasteiger partial charge is 0.319 e. The second-order valence-electron chi connectivity index (χ2n) is 18.9. The van der Waals surface area contributed by atoms with E-state index in [9.17, 15) is 4.79 Å². The molecule has 0 saturated carbocycles. The third kappa shape index (κ3) is 5.24. The number of aromatic nitrogens is 3. The maximum atomic E-state index is 14.5. The summed E-state index contributed by atoms with van der Waals surface area (Å²) in [5, 5.41) is 3.75. The lowest BCUT2D eigenvalue weighted by molar-refractivity contribution is -0.137. The van der Waals surface area contributed by atoms with Gasteiger partial charge in [-0.05, 0) is 121 Å². The number of carbonyl (C=O) groups excluding carboxylic acids is 1. The molecule has 0 fully saturated rings. The lowest BCUT2D eigenvalue weighted by Crippen LogP contribution is -2.31. The Balaban J connectivity index is 0.852. The Labute approximate surface area is 388 Å². The molecule has 0 saturated heterocycles. The predicted octanol–water partition coefficient (Wildman–Crippen LogP) is 13.8. The number of allylic oxidation sites excluding steroid dienone is 4. The van der Waals surface area contributed by atoms with Crippen LogP contribution in [0, 0.1) is 5.92 Å². The van der Waals surface area contributed by atoms with Crippen LogP contribution >= 0.6 is 0 Å². The number of fused-ring (bicyclic) bond motifs is 15. The molecule has 3 unspecified atom stereocenters. The maximum absolute atomic E-state index is 14.5. The van der Waals surface area contributed by atoms with Crippen LogP contribution in [0.4, 0.5) is 11.4 Å². The summed E-state index contributed by atoms with van der Waals surface area (Å²) < 4.78 is 13.9. The van der Waals surface area contributed by atoms with Crippen molar-refractivity contribution in [3.63, 3.8) is 0 Å². The quantitative estimate of drug-likeness (QED) is 0.131. The van der Waals surface area contributed by atoms with Gasteiger partial charge in [-0.1, -0.05) is 109 Å². The van der Waals surface area contributed by atoms with Gasteiger partial charge in [0.25, 0.3) is 0 Å². The highest BCUT2D eigenvalue weighted by Gasteiger charge is 2.41. The van der Waals surface area contributed by atoms with Gasteiger partial charge in [-0.15, -0.1) is 0 Å². The van der Waals surface area contributed by atoms with Gasteiger partial charge in [-0.25, -0.2) is 0 Å². The van der Waals surface area contributed by atoms with E-state index in [2.05, 4.69) is 207 Å². The molecule has 2 aliphatic heterocycles. The minimum Gasteiger partial charge on any atom is -0.425 e. The van der Waals surface area contributed by atoms with E-state index >= 15 is 0 Å². The second kappa shape index (κ2) is 14.0. The first kappa shape index (κ1) is 37.2. The zero-order chi connectivity index (χ0) is 43.9. The predicted molar refractivity (Wildman–Crippen MR) is 273 cm³/mol. The van der Waals surface area contributed by atoms with Crippen LogP contribution in [0.5, 0.6) is 5.75 Å². The fourth-order valence-electron chi connectivity index (χ4n) is 12.7. The minimum atomic E-state index is -0.412. The minimum absolute atomic E-state index is 0.0858. The van der Waals surface area contributed by atoms with Crippen molar-refractivity contribution in [3.05, 3.63) is 215 Å². The van der Waals surface area contributed by atoms with Crippen LogP contribution in [-0.4, -0.2) is 25.7 Å². The number of nitrogens with zero attached hydrogens (tertiary/aromatic N) is 4. The van der Waals surface area contributed by atoms with E-state index in [1.807, 2.05) is 0 Å².